The van der Waals surface area contributed by atoms with E-state index >= 15 is 0 Å². The second-order valence-corrected chi connectivity index (χ2v) is 6.95. The van der Waals surface area contributed by atoms with Gasteiger partial charge in [0.2, 0.25) is 5.91 Å². The van der Waals surface area contributed by atoms with E-state index in [2.05, 4.69) is 26.1 Å². The van der Waals surface area contributed by atoms with Crippen LogP contribution in [0.2, 0.25) is 0 Å². The predicted molar refractivity (Wildman–Crippen MR) is 96.2 cm³/mol. The highest BCUT2D eigenvalue weighted by Crippen LogP contribution is 2.34. The molecule has 0 aliphatic carbocycles. The topological polar surface area (TPSA) is 84.6 Å². The molecule has 0 saturated heterocycles. The summed E-state index contributed by atoms with van der Waals surface area (Å²) < 4.78 is 5.29. The Bertz CT molecular complexity index is 650. The van der Waals surface area contributed by atoms with Gasteiger partial charge in [-0.3, -0.25) is 4.79 Å². The van der Waals surface area contributed by atoms with Gasteiger partial charge in [-0.2, -0.15) is 0 Å². The highest BCUT2D eigenvalue weighted by Gasteiger charge is 2.40. The maximum Gasteiger partial charge on any atom is 0.248 e. The number of nitrogens with two attached hydrogens (primary N) is 1. The van der Waals surface area contributed by atoms with Crippen LogP contribution in [-0.4, -0.2) is 36.4 Å². The molecule has 2 rings (SSSR count). The van der Waals surface area contributed by atoms with Crippen molar-refractivity contribution >= 4 is 11.6 Å². The van der Waals surface area contributed by atoms with E-state index in [4.69, 9.17) is 10.5 Å². The number of aliphatic hydroxyl groups is 1. The van der Waals surface area contributed by atoms with Gasteiger partial charge in [0.05, 0.1) is 12.6 Å². The van der Waals surface area contributed by atoms with Crippen molar-refractivity contribution in [3.63, 3.8) is 0 Å². The van der Waals surface area contributed by atoms with Crippen LogP contribution in [0.5, 0.6) is 0 Å². The summed E-state index contributed by atoms with van der Waals surface area (Å²) in [6.07, 6.45) is 2.08. The van der Waals surface area contributed by atoms with Crippen LogP contribution in [0.1, 0.15) is 49.5 Å². The van der Waals surface area contributed by atoms with E-state index in [9.17, 15) is 9.90 Å². The summed E-state index contributed by atoms with van der Waals surface area (Å²) in [6, 6.07) is 5.21. The second kappa shape index (κ2) is 7.36. The molecule has 1 amide bonds. The number of methoxy groups -OCH3 is 1. The Kier molecular flexibility index (Phi) is 5.67. The van der Waals surface area contributed by atoms with E-state index < -0.39 is 11.5 Å². The van der Waals surface area contributed by atoms with Crippen LogP contribution in [0.4, 0.5) is 5.69 Å². The largest absolute Gasteiger partial charge is 0.385 e. The lowest BCUT2D eigenvalue weighted by atomic mass is 9.86. The van der Waals surface area contributed by atoms with Crippen LogP contribution in [0.3, 0.4) is 0 Å². The zero-order chi connectivity index (χ0) is 17.9. The van der Waals surface area contributed by atoms with Crippen molar-refractivity contribution in [1.29, 1.82) is 0 Å². The zero-order valence-corrected chi connectivity index (χ0v) is 15.0. The molecule has 1 heterocycles. The maximum atomic E-state index is 11.4. The number of fused-ring (bicyclic) bond motifs is 1. The monoisotopic (exact) mass is 332 g/mol. The summed E-state index contributed by atoms with van der Waals surface area (Å²) in [5.74, 6) is -0.437. The molecule has 2 atom stereocenters. The summed E-state index contributed by atoms with van der Waals surface area (Å²) in [4.78, 5) is 11.4. The standard InChI is InChI=1S/C19H28N2O3/c1-12(2)13(3)7-8-19(23,11-24-4)17-10-15-9-14(18(20)22)5-6-16(15)21-17/h5-6,9,17,21,23H,7-8,10-11H2,1-4H3,(H2,20,22)/t17-,19?/m0/s1. The number of carbonyl (C=O) groups is 1. The van der Waals surface area contributed by atoms with Gasteiger partial charge in [0, 0.05) is 18.4 Å². The van der Waals surface area contributed by atoms with Crippen molar-refractivity contribution < 1.29 is 14.6 Å². The lowest BCUT2D eigenvalue weighted by Crippen LogP contribution is -2.49. The molecular formula is C19H28N2O3. The molecule has 1 unspecified atom stereocenters. The van der Waals surface area contributed by atoms with Gasteiger partial charge in [0.25, 0.3) is 0 Å². The highest BCUT2D eigenvalue weighted by molar-refractivity contribution is 5.93. The molecule has 1 aliphatic heterocycles. The molecule has 0 saturated carbocycles. The Hall–Kier alpha value is -1.85. The minimum atomic E-state index is -0.975. The number of ether oxygens (including phenoxy) is 1. The normalized spacial score (nSPS) is 18.5. The zero-order valence-electron chi connectivity index (χ0n) is 15.0. The molecule has 5 heteroatoms. The third-order valence-electron chi connectivity index (χ3n) is 4.97. The second-order valence-electron chi connectivity index (χ2n) is 6.95. The SMILES string of the molecule is COCC(O)(CCC(C)=C(C)C)[C@@H]1Cc2cc(C(N)=O)ccc2N1. The van der Waals surface area contributed by atoms with Gasteiger partial charge < -0.3 is 20.9 Å². The molecule has 24 heavy (non-hydrogen) atoms. The van der Waals surface area contributed by atoms with Gasteiger partial charge in [0.1, 0.15) is 5.60 Å². The first-order chi connectivity index (χ1) is 11.3. The third-order valence-corrected chi connectivity index (χ3v) is 4.97. The van der Waals surface area contributed by atoms with E-state index in [0.717, 1.165) is 17.7 Å². The molecule has 5 nitrogen and oxygen atoms in total. The Labute approximate surface area is 143 Å². The Morgan fingerprint density at radius 2 is 2.12 bits per heavy atom. The number of anilines is 1. The third kappa shape index (κ3) is 3.97. The van der Waals surface area contributed by atoms with E-state index in [1.165, 1.54) is 11.1 Å². The first-order valence-corrected chi connectivity index (χ1v) is 8.30. The van der Waals surface area contributed by atoms with E-state index in [1.54, 1.807) is 19.2 Å². The first-order valence-electron chi connectivity index (χ1n) is 8.30. The number of allylic oxidation sites excluding steroid dienone is 2. The molecule has 0 spiro atoms. The number of nitrogens with one attached hydrogen (secondary N) is 1. The summed E-state index contributed by atoms with van der Waals surface area (Å²) in [7, 11) is 1.60. The van der Waals surface area contributed by atoms with Gasteiger partial charge >= 0.3 is 0 Å². The number of amides is 1. The lowest BCUT2D eigenvalue weighted by molar-refractivity contribution is -0.0489. The van der Waals surface area contributed by atoms with Gasteiger partial charge in [0.15, 0.2) is 0 Å². The summed E-state index contributed by atoms with van der Waals surface area (Å²) in [5, 5.41) is 14.6. The van der Waals surface area contributed by atoms with E-state index in [1.807, 2.05) is 6.07 Å². The van der Waals surface area contributed by atoms with Gasteiger partial charge in [-0.25, -0.2) is 0 Å². The Morgan fingerprint density at radius 3 is 2.71 bits per heavy atom. The number of hydrogen-bond donors (Lipinski definition) is 3. The molecule has 132 valence electrons. The molecule has 1 aromatic rings. The van der Waals surface area contributed by atoms with Gasteiger partial charge in [-0.15, -0.1) is 0 Å². The Balaban J connectivity index is 2.17. The van der Waals surface area contributed by atoms with Crippen LogP contribution < -0.4 is 11.1 Å². The highest BCUT2D eigenvalue weighted by atomic mass is 16.5. The van der Waals surface area contributed by atoms with Crippen LogP contribution in [-0.2, 0) is 11.2 Å². The Morgan fingerprint density at radius 1 is 1.42 bits per heavy atom. The van der Waals surface area contributed by atoms with Crippen LogP contribution >= 0.6 is 0 Å². The number of primary amides is 1. The van der Waals surface area contributed by atoms with Gasteiger partial charge in [-0.1, -0.05) is 11.1 Å². The molecule has 1 aromatic carbocycles. The number of rotatable bonds is 7. The maximum absolute atomic E-state index is 11.4. The van der Waals surface area contributed by atoms with Crippen molar-refractivity contribution in [1.82, 2.24) is 0 Å². The number of carbonyl (C=O) groups excluding carboxylic acids is 1. The minimum Gasteiger partial charge on any atom is -0.385 e. The van der Waals surface area contributed by atoms with Crippen molar-refractivity contribution in [3.05, 3.63) is 40.5 Å². The summed E-state index contributed by atoms with van der Waals surface area (Å²) in [5.41, 5.74) is 9.39. The summed E-state index contributed by atoms with van der Waals surface area (Å²) in [6.45, 7) is 6.52. The molecular weight excluding hydrogens is 304 g/mol. The summed E-state index contributed by atoms with van der Waals surface area (Å²) >= 11 is 0. The van der Waals surface area contributed by atoms with Crippen LogP contribution in [0.25, 0.3) is 0 Å². The van der Waals surface area contributed by atoms with Crippen LogP contribution in [0.15, 0.2) is 29.3 Å². The molecule has 0 radical (unpaired) electrons. The van der Waals surface area contributed by atoms with Crippen LogP contribution in [0, 0.1) is 0 Å². The van der Waals surface area contributed by atoms with Crippen molar-refractivity contribution in [2.75, 3.05) is 19.0 Å². The van der Waals surface area contributed by atoms with E-state index in [-0.39, 0.29) is 12.6 Å². The average molecular weight is 332 g/mol. The molecule has 4 N–H and O–H groups in total. The first kappa shape index (κ1) is 18.5. The fourth-order valence-corrected chi connectivity index (χ4v) is 3.09. The lowest BCUT2D eigenvalue weighted by Gasteiger charge is -2.34. The number of benzene rings is 1. The molecule has 1 aliphatic rings. The fourth-order valence-electron chi connectivity index (χ4n) is 3.09. The smallest absolute Gasteiger partial charge is 0.248 e. The number of hydrogen-bond acceptors (Lipinski definition) is 4. The quantitative estimate of drug-likeness (QED) is 0.670. The van der Waals surface area contributed by atoms with Crippen molar-refractivity contribution in [2.24, 2.45) is 5.73 Å². The molecule has 0 fully saturated rings. The van der Waals surface area contributed by atoms with Crippen molar-refractivity contribution in [3.8, 4) is 0 Å². The fraction of sp³-hybridized carbons (Fsp3) is 0.526. The molecule has 0 bridgehead atoms. The van der Waals surface area contributed by atoms with E-state index in [0.29, 0.717) is 18.4 Å². The van der Waals surface area contributed by atoms with Crippen molar-refractivity contribution in [2.45, 2.75) is 51.7 Å². The molecule has 0 aromatic heterocycles. The van der Waals surface area contributed by atoms with Gasteiger partial charge in [-0.05, 0) is 63.8 Å². The minimum absolute atomic E-state index is 0.152. The average Bonchev–Trinajstić information content (AvgIpc) is 2.96. The predicted octanol–water partition coefficient (Wildman–Crippen LogP) is 2.64.